The number of nitrogens with zero attached hydrogens (tertiary/aromatic N) is 5. The number of ether oxygens (including phenoxy) is 3. The maximum atomic E-state index is 11.4. The molecular weight excluding hydrogens is 1170 g/mol. The van der Waals surface area contributed by atoms with Gasteiger partial charge in [-0.15, -0.1) is 8.78 Å². The average molecular weight is 1300 g/mol. The van der Waals surface area contributed by atoms with E-state index in [-0.39, 0.29) is 5.69 Å². The predicted octanol–water partition coefficient (Wildman–Crippen LogP) is 23.4. The summed E-state index contributed by atoms with van der Waals surface area (Å²) in [6, 6.07) is 28.4. The van der Waals surface area contributed by atoms with Gasteiger partial charge in [0.15, 0.2) is 0 Å². The van der Waals surface area contributed by atoms with Gasteiger partial charge in [-0.1, -0.05) is 276 Å². The first-order valence-electron chi connectivity index (χ1n) is 35.0. The van der Waals surface area contributed by atoms with Crippen LogP contribution in [0.5, 0.6) is 0 Å². The number of imidazole rings is 1. The van der Waals surface area contributed by atoms with E-state index in [0.717, 1.165) is 32.1 Å². The first kappa shape index (κ1) is 104. The first-order valence-corrected chi connectivity index (χ1v) is 35.0. The summed E-state index contributed by atoms with van der Waals surface area (Å²) in [6.45, 7) is 46.1. The smallest absolute Gasteiger partial charge is 0.502 e. The molecule has 8 heterocycles. The lowest BCUT2D eigenvalue weighted by Crippen LogP contribution is -2.14. The highest BCUT2D eigenvalue weighted by Crippen LogP contribution is 2.22. The van der Waals surface area contributed by atoms with Crippen LogP contribution in [0.15, 0.2) is 201 Å². The van der Waals surface area contributed by atoms with Crippen molar-refractivity contribution in [1.82, 2.24) is 50.4 Å². The van der Waals surface area contributed by atoms with E-state index in [4.69, 9.17) is 4.74 Å². The molecule has 13 rings (SSSR count). The molecule has 1 fully saturated rings. The summed E-state index contributed by atoms with van der Waals surface area (Å²) in [5.41, 5.74) is 5.70. The fraction of sp³-hybridized carbons (Fsp3) is 0.506. The number of alkyl halides is 2. The zero-order chi connectivity index (χ0) is 72.2. The van der Waals surface area contributed by atoms with Crippen LogP contribution in [-0.2, 0) is 33.5 Å². The molecule has 5 N–H and O–H groups in total. The lowest BCUT2D eigenvalue weighted by atomic mass is 9.98. The highest BCUT2D eigenvalue weighted by atomic mass is 19.3. The van der Waals surface area contributed by atoms with Crippen molar-refractivity contribution >= 4 is 6.08 Å². The molecule has 5 aromatic heterocycles. The minimum atomic E-state index is -3.42. The van der Waals surface area contributed by atoms with Crippen molar-refractivity contribution < 1.29 is 23.0 Å². The quantitative estimate of drug-likeness (QED) is 0.0979. The number of pyridine rings is 1. The SMILES string of the molecule is C1=CNCC1.C1=COCCC1.C1=Cc2ccccc2C1.C1CCCCC1.CC.CC.CC.CC.CC.CC.CC.CC.CC.CC.CC.FC1(F)OC=CO1.O=c1[nH]cc[nH]1.c1cc2c([nH]1)CCCC2.c1ccccc1.c1ccncc1.c1cnccn1.c1nc[nH]n1. The summed E-state index contributed by atoms with van der Waals surface area (Å²) in [5.74, 6) is 0. The molecule has 6 aliphatic rings. The molecular formula is C77H136F2N10O4. The number of benzene rings is 2. The number of aromatic nitrogens is 9. The zero-order valence-corrected chi connectivity index (χ0v) is 62.5. The van der Waals surface area contributed by atoms with E-state index < -0.39 is 6.29 Å². The highest BCUT2D eigenvalue weighted by molar-refractivity contribution is 5.59. The van der Waals surface area contributed by atoms with Crippen LogP contribution in [0.3, 0.4) is 0 Å². The van der Waals surface area contributed by atoms with Gasteiger partial charge in [0.25, 0.3) is 0 Å². The minimum Gasteiger partial charge on any atom is -0.502 e. The Kier molecular flexibility index (Phi) is 115. The van der Waals surface area contributed by atoms with Gasteiger partial charge in [-0.2, -0.15) is 5.10 Å². The molecule has 0 spiro atoms. The predicted molar refractivity (Wildman–Crippen MR) is 402 cm³/mol. The van der Waals surface area contributed by atoms with Crippen molar-refractivity contribution in [3.63, 3.8) is 0 Å². The lowest BCUT2D eigenvalue weighted by Gasteiger charge is -2.08. The Balaban J connectivity index is -0.000000116. The van der Waals surface area contributed by atoms with Crippen molar-refractivity contribution in [2.75, 3.05) is 13.2 Å². The second-order valence-corrected chi connectivity index (χ2v) is 15.3. The van der Waals surface area contributed by atoms with Gasteiger partial charge in [0.2, 0.25) is 0 Å². The van der Waals surface area contributed by atoms with Gasteiger partial charge in [0.05, 0.1) is 12.9 Å². The number of fused-ring (bicyclic) bond motifs is 2. The molecule has 14 nitrogen and oxygen atoms in total. The van der Waals surface area contributed by atoms with Gasteiger partial charge >= 0.3 is 12.0 Å². The lowest BCUT2D eigenvalue weighted by molar-refractivity contribution is -0.329. The van der Waals surface area contributed by atoms with E-state index >= 15 is 0 Å². The Hall–Kier alpha value is -7.88. The highest BCUT2D eigenvalue weighted by Gasteiger charge is 2.35. The zero-order valence-electron chi connectivity index (χ0n) is 62.5. The van der Waals surface area contributed by atoms with E-state index in [1.54, 1.807) is 61.4 Å². The van der Waals surface area contributed by atoms with E-state index in [1.807, 2.05) is 219 Å². The van der Waals surface area contributed by atoms with Crippen LogP contribution in [0, 0.1) is 0 Å². The molecule has 16 heteroatoms. The third-order valence-electron chi connectivity index (χ3n) is 9.78. The number of H-pyrrole nitrogens is 4. The van der Waals surface area contributed by atoms with E-state index in [1.165, 1.54) is 113 Å². The van der Waals surface area contributed by atoms with Crippen LogP contribution in [0.1, 0.15) is 245 Å². The Morgan fingerprint density at radius 1 is 0.441 bits per heavy atom. The van der Waals surface area contributed by atoms with Crippen molar-refractivity contribution in [1.29, 1.82) is 0 Å². The second-order valence-electron chi connectivity index (χ2n) is 15.3. The Morgan fingerprint density at radius 2 is 0.914 bits per heavy atom. The summed E-state index contributed by atoms with van der Waals surface area (Å²) in [6.07, 6.45) is 47.6. The van der Waals surface area contributed by atoms with Gasteiger partial charge < -0.3 is 34.5 Å². The molecule has 1 saturated carbocycles. The van der Waals surface area contributed by atoms with Crippen LogP contribution in [0.4, 0.5) is 8.78 Å². The molecule has 0 amide bonds. The molecule has 532 valence electrons. The van der Waals surface area contributed by atoms with E-state index in [2.05, 4.69) is 115 Å². The van der Waals surface area contributed by atoms with Crippen molar-refractivity contribution in [2.24, 2.45) is 0 Å². The van der Waals surface area contributed by atoms with Crippen molar-refractivity contribution in [3.8, 4) is 0 Å². The molecule has 0 bridgehead atoms. The third kappa shape index (κ3) is 84.1. The van der Waals surface area contributed by atoms with Crippen molar-refractivity contribution in [2.45, 2.75) is 249 Å². The molecule has 7 aromatic rings. The van der Waals surface area contributed by atoms with Crippen LogP contribution >= 0.6 is 0 Å². The van der Waals surface area contributed by atoms with Gasteiger partial charge in [0, 0.05) is 68.0 Å². The third-order valence-corrected chi connectivity index (χ3v) is 9.78. The number of rotatable bonds is 0. The number of hydrogen-bond acceptors (Lipinski definition) is 10. The van der Waals surface area contributed by atoms with Crippen LogP contribution < -0.4 is 11.0 Å². The van der Waals surface area contributed by atoms with Crippen LogP contribution in [-0.4, -0.2) is 64.5 Å². The number of halogens is 2. The fourth-order valence-electron chi connectivity index (χ4n) is 6.32. The summed E-state index contributed by atoms with van der Waals surface area (Å²) in [7, 11) is 0. The Morgan fingerprint density at radius 3 is 1.18 bits per heavy atom. The number of aromatic amines is 4. The van der Waals surface area contributed by atoms with E-state index in [9.17, 15) is 13.6 Å². The van der Waals surface area contributed by atoms with Gasteiger partial charge in [-0.05, 0) is 98.5 Å². The normalized spacial score (nSPS) is 11.9. The number of aryl methyl sites for hydroxylation is 2. The topological polar surface area (TPSA) is 184 Å². The molecule has 0 atom stereocenters. The van der Waals surface area contributed by atoms with Gasteiger partial charge in [-0.3, -0.25) is 20.1 Å². The molecule has 0 unspecified atom stereocenters. The largest absolute Gasteiger partial charge is 0.585 e. The maximum absolute atomic E-state index is 11.4. The fourth-order valence-corrected chi connectivity index (χ4v) is 6.32. The standard InChI is InChI=1S/C9H8.C8H11N.C6H12.C6H6.C5H5N.C5H8O.C4H4N2.C4H7N.C3H2F2O2.C3H4N2O.C2H3N3.11C2H6/c1-2-5-9-7-3-6-8(9)4-1;1-2-4-8-7(3-1)5-6-9-8;4*1-2-4-6-5-3-1;1-2-6-4-3-5-1;1-2-4-5-3-1;4-3(5)6-1-2-7-3;6-3-4-1-2-5-3;1-3-2-5-4-1;11*1-2/h1-6H,7H2;5-6,9H,1-4H2;1-6H2;1-6H;1-5H;2,4H,1,3,5H2;1-4H;1,3,5H,2,4H2;1-2H;1-2H,(H2,4,5,6);1-2H,(H,3,4,5);11*1-2H3. The van der Waals surface area contributed by atoms with Crippen molar-refractivity contribution in [3.05, 3.63) is 229 Å². The minimum absolute atomic E-state index is 0.157. The second kappa shape index (κ2) is 103. The molecule has 3 aliphatic carbocycles. The molecule has 93 heavy (non-hydrogen) atoms. The number of hydrogen-bond donors (Lipinski definition) is 5. The summed E-state index contributed by atoms with van der Waals surface area (Å²) >= 11 is 0. The summed E-state index contributed by atoms with van der Waals surface area (Å²) in [4.78, 5) is 32.8. The molecule has 0 saturated heterocycles. The monoisotopic (exact) mass is 1300 g/mol. The van der Waals surface area contributed by atoms with Gasteiger partial charge in [-0.25, -0.2) is 9.78 Å². The maximum Gasteiger partial charge on any atom is 0.585 e. The summed E-state index contributed by atoms with van der Waals surface area (Å²) < 4.78 is 35.0. The Bertz CT molecular complexity index is 2130. The summed E-state index contributed by atoms with van der Waals surface area (Å²) in [5, 5.41) is 9.03. The van der Waals surface area contributed by atoms with Crippen LogP contribution in [0.25, 0.3) is 6.08 Å². The Labute approximate surface area is 568 Å². The van der Waals surface area contributed by atoms with Gasteiger partial charge in [0.1, 0.15) is 25.2 Å². The number of allylic oxidation sites excluding steroid dienone is 2. The van der Waals surface area contributed by atoms with E-state index in [0.29, 0.717) is 0 Å². The average Bonchev–Trinajstić information content (AvgIpc) is 2.54. The van der Waals surface area contributed by atoms with Crippen LogP contribution in [0.2, 0.25) is 0 Å². The molecule has 0 radical (unpaired) electrons. The number of nitrogens with one attached hydrogen (secondary N) is 5. The molecule has 2 aromatic carbocycles. The first-order chi connectivity index (χ1) is 46.0. The molecule has 3 aliphatic heterocycles.